The highest BCUT2D eigenvalue weighted by Gasteiger charge is 2.35. The van der Waals surface area contributed by atoms with Crippen molar-refractivity contribution in [1.82, 2.24) is 19.2 Å². The first kappa shape index (κ1) is 22.5. The molecule has 174 valence electrons. The van der Waals surface area contributed by atoms with Crippen LogP contribution in [0.5, 0.6) is 0 Å². The van der Waals surface area contributed by atoms with E-state index >= 15 is 0 Å². The van der Waals surface area contributed by atoms with Crippen LogP contribution in [0.1, 0.15) is 24.0 Å². The molecule has 0 bridgehead atoms. The Labute approximate surface area is 202 Å². The Morgan fingerprint density at radius 1 is 1.27 bits per heavy atom. The number of aryl methyl sites for hydroxylation is 1. The van der Waals surface area contributed by atoms with Crippen molar-refractivity contribution in [1.29, 1.82) is 0 Å². The molecule has 0 aromatic carbocycles. The number of piperazine rings is 1. The van der Waals surface area contributed by atoms with Gasteiger partial charge in [0, 0.05) is 39.0 Å². The molecule has 10 heteroatoms. The Hall–Kier alpha value is -2.27. The van der Waals surface area contributed by atoms with E-state index in [1.807, 2.05) is 19.1 Å². The van der Waals surface area contributed by atoms with Crippen molar-refractivity contribution in [3.05, 3.63) is 44.7 Å². The first-order chi connectivity index (χ1) is 15.9. The van der Waals surface area contributed by atoms with Gasteiger partial charge in [0.05, 0.1) is 23.1 Å². The maximum Gasteiger partial charge on any atom is 0.267 e. The van der Waals surface area contributed by atoms with Crippen LogP contribution in [0.3, 0.4) is 0 Å². The number of nitrogens with zero attached hydrogens (tertiary/aromatic N) is 5. The molecule has 3 fully saturated rings. The number of pyridine rings is 1. The second-order valence-electron chi connectivity index (χ2n) is 8.76. The standard InChI is InChI=1S/C23H27N5O3S2/c1-15-5-3-7-27-19(15)24-20(26-10-8-25(2)9-11-26)17(21(27)29)13-18-22(30)28(23(32)33-18)14-16-6-4-12-31-16/h3,5,7,13,16H,4,6,8-12,14H2,1-2H3/b18-13+/t16-/m0/s1. The van der Waals surface area contributed by atoms with Gasteiger partial charge in [-0.25, -0.2) is 4.98 Å². The van der Waals surface area contributed by atoms with E-state index < -0.39 is 0 Å². The molecule has 1 atom stereocenters. The van der Waals surface area contributed by atoms with Crippen LogP contribution >= 0.6 is 24.0 Å². The molecule has 33 heavy (non-hydrogen) atoms. The summed E-state index contributed by atoms with van der Waals surface area (Å²) in [6.45, 7) is 6.45. The van der Waals surface area contributed by atoms with Gasteiger partial charge in [-0.15, -0.1) is 0 Å². The summed E-state index contributed by atoms with van der Waals surface area (Å²) in [5.74, 6) is 0.463. The highest BCUT2D eigenvalue weighted by Crippen LogP contribution is 2.34. The van der Waals surface area contributed by atoms with Gasteiger partial charge in [0.25, 0.3) is 11.5 Å². The van der Waals surface area contributed by atoms with Crippen molar-refractivity contribution in [3.8, 4) is 0 Å². The Kier molecular flexibility index (Phi) is 6.26. The quantitative estimate of drug-likeness (QED) is 0.482. The number of amides is 1. The molecule has 0 N–H and O–H groups in total. The fraction of sp³-hybridized carbons (Fsp3) is 0.478. The number of ether oxygens (including phenoxy) is 1. The number of hydrogen-bond acceptors (Lipinski definition) is 8. The van der Waals surface area contributed by atoms with Gasteiger partial charge in [0.2, 0.25) is 0 Å². The summed E-state index contributed by atoms with van der Waals surface area (Å²) < 4.78 is 7.76. The van der Waals surface area contributed by atoms with Crippen LogP contribution in [0.15, 0.2) is 28.0 Å². The maximum absolute atomic E-state index is 13.6. The van der Waals surface area contributed by atoms with E-state index in [1.54, 1.807) is 21.6 Å². The van der Waals surface area contributed by atoms with Gasteiger partial charge in [-0.05, 0) is 44.5 Å². The van der Waals surface area contributed by atoms with Gasteiger partial charge in [-0.3, -0.25) is 18.9 Å². The third kappa shape index (κ3) is 4.32. The number of thiocarbonyl (C=S) groups is 1. The van der Waals surface area contributed by atoms with Gasteiger partial charge in [0.15, 0.2) is 0 Å². The number of fused-ring (bicyclic) bond motifs is 1. The van der Waals surface area contributed by atoms with E-state index in [0.717, 1.165) is 51.2 Å². The van der Waals surface area contributed by atoms with E-state index in [2.05, 4.69) is 16.8 Å². The van der Waals surface area contributed by atoms with Crippen LogP contribution in [-0.2, 0) is 9.53 Å². The van der Waals surface area contributed by atoms with E-state index in [4.69, 9.17) is 21.9 Å². The molecule has 8 nitrogen and oxygen atoms in total. The van der Waals surface area contributed by atoms with Crippen LogP contribution in [0.2, 0.25) is 0 Å². The highest BCUT2D eigenvalue weighted by molar-refractivity contribution is 8.26. The minimum absolute atomic E-state index is 0.0173. The number of thioether (sulfide) groups is 1. The topological polar surface area (TPSA) is 70.4 Å². The lowest BCUT2D eigenvalue weighted by Crippen LogP contribution is -2.45. The summed E-state index contributed by atoms with van der Waals surface area (Å²) in [5, 5.41) is 0. The second kappa shape index (κ2) is 9.17. The fourth-order valence-corrected chi connectivity index (χ4v) is 5.72. The zero-order valence-corrected chi connectivity index (χ0v) is 20.5. The predicted octanol–water partition coefficient (Wildman–Crippen LogP) is 2.13. The third-order valence-corrected chi connectivity index (χ3v) is 7.80. The van der Waals surface area contributed by atoms with Gasteiger partial charge >= 0.3 is 0 Å². The Bertz CT molecular complexity index is 1200. The fourth-order valence-electron chi connectivity index (χ4n) is 4.47. The molecule has 2 aromatic rings. The van der Waals surface area contributed by atoms with E-state index in [0.29, 0.717) is 32.8 Å². The molecule has 5 rings (SSSR count). The third-order valence-electron chi connectivity index (χ3n) is 6.43. The van der Waals surface area contributed by atoms with Crippen LogP contribution < -0.4 is 10.5 Å². The van der Waals surface area contributed by atoms with Gasteiger partial charge < -0.3 is 14.5 Å². The second-order valence-corrected chi connectivity index (χ2v) is 10.4. The van der Waals surface area contributed by atoms with E-state index in [1.165, 1.54) is 11.8 Å². The van der Waals surface area contributed by atoms with Crippen molar-refractivity contribution in [2.24, 2.45) is 0 Å². The number of likely N-dealkylation sites (N-methyl/N-ethyl adjacent to an activating group) is 1. The van der Waals surface area contributed by atoms with Crippen LogP contribution in [0.25, 0.3) is 11.7 Å². The number of anilines is 1. The molecule has 0 radical (unpaired) electrons. The molecule has 3 saturated heterocycles. The van der Waals surface area contributed by atoms with Crippen LogP contribution in [0.4, 0.5) is 5.82 Å². The summed E-state index contributed by atoms with van der Waals surface area (Å²) in [5.41, 5.74) is 1.82. The lowest BCUT2D eigenvalue weighted by molar-refractivity contribution is -0.123. The first-order valence-corrected chi connectivity index (χ1v) is 12.5. The molecule has 3 aliphatic heterocycles. The molecule has 5 heterocycles. The average Bonchev–Trinajstić information content (AvgIpc) is 3.41. The Morgan fingerprint density at radius 2 is 2.06 bits per heavy atom. The van der Waals surface area contributed by atoms with Crippen molar-refractivity contribution in [3.63, 3.8) is 0 Å². The molecule has 3 aliphatic rings. The van der Waals surface area contributed by atoms with Crippen molar-refractivity contribution < 1.29 is 9.53 Å². The molecule has 1 amide bonds. The number of carbonyl (C=O) groups is 1. The minimum Gasteiger partial charge on any atom is -0.376 e. The molecular formula is C23H27N5O3S2. The van der Waals surface area contributed by atoms with Gasteiger partial charge in [-0.1, -0.05) is 30.0 Å². The normalized spacial score (nSPS) is 23.5. The zero-order chi connectivity index (χ0) is 23.1. The molecule has 0 aliphatic carbocycles. The van der Waals surface area contributed by atoms with Gasteiger partial charge in [-0.2, -0.15) is 0 Å². The SMILES string of the molecule is Cc1cccn2c(=O)c(/C=C3/SC(=S)N(C[C@@H]4CCCO4)C3=O)c(N3CCN(C)CC3)nc12. The van der Waals surface area contributed by atoms with E-state index in [-0.39, 0.29) is 17.6 Å². The predicted molar refractivity (Wildman–Crippen MR) is 135 cm³/mol. The Balaban J connectivity index is 1.56. The lowest BCUT2D eigenvalue weighted by Gasteiger charge is -2.34. The number of carbonyl (C=O) groups excluding carboxylic acids is 1. The minimum atomic E-state index is -0.179. The summed E-state index contributed by atoms with van der Waals surface area (Å²) in [6, 6.07) is 3.79. The Morgan fingerprint density at radius 3 is 2.79 bits per heavy atom. The molecule has 0 saturated carbocycles. The molecule has 0 spiro atoms. The average molecular weight is 486 g/mol. The number of hydrogen-bond donors (Lipinski definition) is 0. The monoisotopic (exact) mass is 485 g/mol. The van der Waals surface area contributed by atoms with Crippen LogP contribution in [0, 0.1) is 6.92 Å². The number of rotatable bonds is 4. The van der Waals surface area contributed by atoms with E-state index in [9.17, 15) is 9.59 Å². The molecule has 2 aromatic heterocycles. The smallest absolute Gasteiger partial charge is 0.267 e. The maximum atomic E-state index is 13.6. The summed E-state index contributed by atoms with van der Waals surface area (Å²) in [6.07, 6.45) is 5.36. The largest absolute Gasteiger partial charge is 0.376 e. The zero-order valence-electron chi connectivity index (χ0n) is 18.8. The van der Waals surface area contributed by atoms with Crippen molar-refractivity contribution in [2.45, 2.75) is 25.9 Å². The first-order valence-electron chi connectivity index (χ1n) is 11.2. The summed E-state index contributed by atoms with van der Waals surface area (Å²) in [7, 11) is 2.09. The summed E-state index contributed by atoms with van der Waals surface area (Å²) in [4.78, 5) is 38.2. The lowest BCUT2D eigenvalue weighted by atomic mass is 10.2. The molecular weight excluding hydrogens is 458 g/mol. The van der Waals surface area contributed by atoms with Gasteiger partial charge in [0.1, 0.15) is 15.8 Å². The summed E-state index contributed by atoms with van der Waals surface area (Å²) >= 11 is 6.74. The van der Waals surface area contributed by atoms with Crippen molar-refractivity contribution in [2.75, 3.05) is 51.3 Å². The number of aromatic nitrogens is 2. The van der Waals surface area contributed by atoms with Crippen LogP contribution in [-0.4, -0.2) is 81.9 Å². The highest BCUT2D eigenvalue weighted by atomic mass is 32.2. The van der Waals surface area contributed by atoms with Crippen molar-refractivity contribution >= 4 is 51.7 Å². The molecule has 0 unspecified atom stereocenters.